The minimum atomic E-state index is -3.53. The van der Waals surface area contributed by atoms with Gasteiger partial charge in [0.25, 0.3) is 0 Å². The quantitative estimate of drug-likeness (QED) is 0.887. The smallest absolute Gasteiger partial charge is 0.240 e. The summed E-state index contributed by atoms with van der Waals surface area (Å²) in [6, 6.07) is 6.36. The largest absolute Gasteiger partial charge is 0.355 e. The van der Waals surface area contributed by atoms with E-state index >= 15 is 0 Å². The molecule has 0 bridgehead atoms. The van der Waals surface area contributed by atoms with Crippen molar-refractivity contribution < 1.29 is 13.2 Å². The maximum Gasteiger partial charge on any atom is 0.240 e. The van der Waals surface area contributed by atoms with Crippen molar-refractivity contribution in [3.63, 3.8) is 0 Å². The molecule has 1 aromatic carbocycles. The van der Waals surface area contributed by atoms with Crippen LogP contribution in [0.25, 0.3) is 0 Å². The Morgan fingerprint density at radius 1 is 1.44 bits per heavy atom. The summed E-state index contributed by atoms with van der Waals surface area (Å²) in [6.45, 7) is 1.96. The van der Waals surface area contributed by atoms with Gasteiger partial charge in [0, 0.05) is 11.6 Å². The Morgan fingerprint density at radius 3 is 2.61 bits per heavy atom. The number of hydrogen-bond acceptors (Lipinski definition) is 3. The van der Waals surface area contributed by atoms with Crippen molar-refractivity contribution in [2.45, 2.75) is 6.92 Å². The van der Waals surface area contributed by atoms with Crippen LogP contribution < -0.4 is 9.62 Å². The molecule has 0 aliphatic carbocycles. The van der Waals surface area contributed by atoms with Crippen molar-refractivity contribution in [3.8, 4) is 0 Å². The van der Waals surface area contributed by atoms with Gasteiger partial charge in [-0.1, -0.05) is 17.7 Å². The molecule has 1 rings (SSSR count). The predicted molar refractivity (Wildman–Crippen MR) is 72.3 cm³/mol. The van der Waals surface area contributed by atoms with E-state index in [1.54, 1.807) is 25.1 Å². The van der Waals surface area contributed by atoms with Gasteiger partial charge >= 0.3 is 0 Å². The second kappa shape index (κ2) is 6.06. The normalized spacial score (nSPS) is 11.1. The molecule has 0 heterocycles. The van der Waals surface area contributed by atoms with Crippen LogP contribution in [0, 0.1) is 0 Å². The Balaban J connectivity index is 3.04. The van der Waals surface area contributed by atoms with Crippen LogP contribution in [-0.4, -0.2) is 33.7 Å². The molecule has 1 amide bonds. The Kier molecular flexibility index (Phi) is 4.98. The number of hydrogen-bond donors (Lipinski definition) is 1. The van der Waals surface area contributed by atoms with Crippen LogP contribution >= 0.6 is 11.6 Å². The summed E-state index contributed by atoms with van der Waals surface area (Å²) in [5.41, 5.74) is 0.372. The third-order valence-electron chi connectivity index (χ3n) is 2.16. The predicted octanol–water partition coefficient (Wildman–Crippen LogP) is 1.24. The molecule has 0 saturated carbocycles. The van der Waals surface area contributed by atoms with Gasteiger partial charge in [-0.15, -0.1) is 0 Å². The summed E-state index contributed by atoms with van der Waals surface area (Å²) in [7, 11) is -3.53. The van der Waals surface area contributed by atoms with Crippen LogP contribution in [-0.2, 0) is 14.8 Å². The second-order valence-corrected chi connectivity index (χ2v) is 6.05. The highest BCUT2D eigenvalue weighted by molar-refractivity contribution is 7.92. The Bertz CT molecular complexity index is 531. The topological polar surface area (TPSA) is 66.5 Å². The summed E-state index contributed by atoms with van der Waals surface area (Å²) >= 11 is 5.81. The number of carbonyl (C=O) groups is 1. The first-order valence-electron chi connectivity index (χ1n) is 5.34. The number of rotatable bonds is 5. The summed E-state index contributed by atoms with van der Waals surface area (Å²) < 4.78 is 24.4. The summed E-state index contributed by atoms with van der Waals surface area (Å²) in [6.07, 6.45) is 1.05. The fourth-order valence-electron chi connectivity index (χ4n) is 1.41. The van der Waals surface area contributed by atoms with Crippen LogP contribution in [0.4, 0.5) is 5.69 Å². The molecule has 0 saturated heterocycles. The first kappa shape index (κ1) is 14.8. The van der Waals surface area contributed by atoms with E-state index in [4.69, 9.17) is 11.6 Å². The molecule has 100 valence electrons. The van der Waals surface area contributed by atoms with E-state index in [0.29, 0.717) is 17.3 Å². The zero-order chi connectivity index (χ0) is 13.8. The molecule has 1 aromatic rings. The van der Waals surface area contributed by atoms with Crippen molar-refractivity contribution in [2.75, 3.05) is 23.7 Å². The highest BCUT2D eigenvalue weighted by Gasteiger charge is 2.20. The molecule has 0 unspecified atom stereocenters. The highest BCUT2D eigenvalue weighted by Crippen LogP contribution is 2.21. The molecule has 0 aliphatic heterocycles. The van der Waals surface area contributed by atoms with Crippen molar-refractivity contribution in [3.05, 3.63) is 29.3 Å². The van der Waals surface area contributed by atoms with Crippen molar-refractivity contribution in [2.24, 2.45) is 0 Å². The maximum atomic E-state index is 11.7. The molecular weight excluding hydrogens is 276 g/mol. The molecule has 5 nitrogen and oxygen atoms in total. The molecule has 0 atom stereocenters. The molecular formula is C11H15ClN2O3S. The molecule has 1 N–H and O–H groups in total. The van der Waals surface area contributed by atoms with Crippen LogP contribution in [0.1, 0.15) is 6.92 Å². The van der Waals surface area contributed by atoms with E-state index in [2.05, 4.69) is 5.32 Å². The number of halogens is 1. The van der Waals surface area contributed by atoms with E-state index in [-0.39, 0.29) is 12.5 Å². The number of nitrogens with one attached hydrogen (secondary N) is 1. The van der Waals surface area contributed by atoms with Gasteiger partial charge in [-0.05, 0) is 25.1 Å². The van der Waals surface area contributed by atoms with Gasteiger partial charge in [0.05, 0.1) is 11.9 Å². The monoisotopic (exact) mass is 290 g/mol. The standard InChI is InChI=1S/C11H15ClN2O3S/c1-3-13-11(15)8-14(18(2,16)17)10-6-4-5-9(12)7-10/h4-7H,3,8H2,1-2H3,(H,13,15). The van der Waals surface area contributed by atoms with E-state index in [1.165, 1.54) is 6.07 Å². The molecule has 0 fully saturated rings. The maximum absolute atomic E-state index is 11.7. The number of likely N-dealkylation sites (N-methyl/N-ethyl adjacent to an activating group) is 1. The minimum absolute atomic E-state index is 0.257. The fraction of sp³-hybridized carbons (Fsp3) is 0.364. The second-order valence-electron chi connectivity index (χ2n) is 3.70. The van der Waals surface area contributed by atoms with Crippen LogP contribution in [0.15, 0.2) is 24.3 Å². The number of sulfonamides is 1. The lowest BCUT2D eigenvalue weighted by molar-refractivity contribution is -0.119. The Morgan fingerprint density at radius 2 is 2.11 bits per heavy atom. The first-order valence-corrected chi connectivity index (χ1v) is 7.57. The molecule has 0 aromatic heterocycles. The lowest BCUT2D eigenvalue weighted by atomic mass is 10.3. The molecule has 0 radical (unpaired) electrons. The van der Waals surface area contributed by atoms with Gasteiger partial charge in [-0.3, -0.25) is 9.10 Å². The van der Waals surface area contributed by atoms with E-state index < -0.39 is 10.0 Å². The number of carbonyl (C=O) groups excluding carboxylic acids is 1. The van der Waals surface area contributed by atoms with E-state index in [0.717, 1.165) is 10.6 Å². The Labute approximate surface area is 112 Å². The zero-order valence-electron chi connectivity index (χ0n) is 10.2. The molecule has 18 heavy (non-hydrogen) atoms. The van der Waals surface area contributed by atoms with E-state index in [9.17, 15) is 13.2 Å². The van der Waals surface area contributed by atoms with Crippen molar-refractivity contribution in [1.29, 1.82) is 0 Å². The third-order valence-corrected chi connectivity index (χ3v) is 3.53. The summed E-state index contributed by atoms with van der Waals surface area (Å²) in [5.74, 6) is -0.358. The minimum Gasteiger partial charge on any atom is -0.355 e. The van der Waals surface area contributed by atoms with Gasteiger partial charge in [0.1, 0.15) is 6.54 Å². The summed E-state index contributed by atoms with van der Waals surface area (Å²) in [5, 5.41) is 2.97. The number of nitrogens with zero attached hydrogens (tertiary/aromatic N) is 1. The number of anilines is 1. The zero-order valence-corrected chi connectivity index (χ0v) is 11.8. The lowest BCUT2D eigenvalue weighted by Crippen LogP contribution is -2.40. The van der Waals surface area contributed by atoms with Crippen LogP contribution in [0.3, 0.4) is 0 Å². The van der Waals surface area contributed by atoms with Gasteiger partial charge in [0.2, 0.25) is 15.9 Å². The molecule has 0 aliphatic rings. The average molecular weight is 291 g/mol. The molecule has 7 heteroatoms. The average Bonchev–Trinajstić information content (AvgIpc) is 2.24. The summed E-state index contributed by atoms with van der Waals surface area (Å²) in [4.78, 5) is 11.5. The third kappa shape index (κ3) is 4.19. The number of benzene rings is 1. The number of amides is 1. The SMILES string of the molecule is CCNC(=O)CN(c1cccc(Cl)c1)S(C)(=O)=O. The van der Waals surface area contributed by atoms with Crippen molar-refractivity contribution >= 4 is 33.2 Å². The Hall–Kier alpha value is -1.27. The van der Waals surface area contributed by atoms with E-state index in [1.807, 2.05) is 0 Å². The fourth-order valence-corrected chi connectivity index (χ4v) is 2.45. The lowest BCUT2D eigenvalue weighted by Gasteiger charge is -2.21. The van der Waals surface area contributed by atoms with Gasteiger partial charge < -0.3 is 5.32 Å². The van der Waals surface area contributed by atoms with Gasteiger partial charge in [-0.2, -0.15) is 0 Å². The van der Waals surface area contributed by atoms with Gasteiger partial charge in [0.15, 0.2) is 0 Å². The van der Waals surface area contributed by atoms with Crippen LogP contribution in [0.2, 0.25) is 5.02 Å². The molecule has 0 spiro atoms. The van der Waals surface area contributed by atoms with Crippen molar-refractivity contribution in [1.82, 2.24) is 5.32 Å². The first-order chi connectivity index (χ1) is 8.34. The van der Waals surface area contributed by atoms with Crippen LogP contribution in [0.5, 0.6) is 0 Å². The highest BCUT2D eigenvalue weighted by atomic mass is 35.5. The van der Waals surface area contributed by atoms with Gasteiger partial charge in [-0.25, -0.2) is 8.42 Å².